The van der Waals surface area contributed by atoms with Gasteiger partial charge in [0.2, 0.25) is 0 Å². The van der Waals surface area contributed by atoms with Gasteiger partial charge in [0.15, 0.2) is 0 Å². The minimum atomic E-state index is -0.125. The zero-order valence-electron chi connectivity index (χ0n) is 11.5. The first-order valence-corrected chi connectivity index (χ1v) is 6.96. The second-order valence-corrected chi connectivity index (χ2v) is 5.94. The van der Waals surface area contributed by atoms with E-state index in [1.165, 1.54) is 20.0 Å². The lowest BCUT2D eigenvalue weighted by atomic mass is 9.57. The van der Waals surface area contributed by atoms with E-state index < -0.39 is 0 Å². The van der Waals surface area contributed by atoms with Gasteiger partial charge in [-0.2, -0.15) is 0 Å². The van der Waals surface area contributed by atoms with Crippen LogP contribution in [0.3, 0.4) is 0 Å². The van der Waals surface area contributed by atoms with Gasteiger partial charge in [-0.25, -0.2) is 0 Å². The SMILES string of the molecule is COC(=O)CC1(C(C)N)CCCC12CCOCC2. The molecule has 4 nitrogen and oxygen atoms in total. The van der Waals surface area contributed by atoms with Crippen LogP contribution in [0.4, 0.5) is 0 Å². The number of esters is 1. The summed E-state index contributed by atoms with van der Waals surface area (Å²) in [6.07, 6.45) is 5.91. The molecule has 2 rings (SSSR count). The third kappa shape index (κ3) is 2.05. The molecule has 18 heavy (non-hydrogen) atoms. The molecule has 2 atom stereocenters. The van der Waals surface area contributed by atoms with Gasteiger partial charge in [0.1, 0.15) is 0 Å². The lowest BCUT2D eigenvalue weighted by molar-refractivity contribution is -0.149. The predicted octanol–water partition coefficient (Wildman–Crippen LogP) is 1.86. The molecule has 2 fully saturated rings. The summed E-state index contributed by atoms with van der Waals surface area (Å²) in [6.45, 7) is 3.65. The first kappa shape index (κ1) is 13.8. The average Bonchev–Trinajstić information content (AvgIpc) is 2.70. The summed E-state index contributed by atoms with van der Waals surface area (Å²) >= 11 is 0. The quantitative estimate of drug-likeness (QED) is 0.782. The fourth-order valence-electron chi connectivity index (χ4n) is 4.24. The molecule has 1 saturated heterocycles. The highest BCUT2D eigenvalue weighted by Crippen LogP contribution is 2.61. The minimum Gasteiger partial charge on any atom is -0.469 e. The second-order valence-electron chi connectivity index (χ2n) is 5.94. The van der Waals surface area contributed by atoms with Gasteiger partial charge < -0.3 is 15.2 Å². The van der Waals surface area contributed by atoms with Gasteiger partial charge in [-0.3, -0.25) is 4.79 Å². The highest BCUT2D eigenvalue weighted by Gasteiger charge is 2.57. The first-order chi connectivity index (χ1) is 8.56. The molecular weight excluding hydrogens is 230 g/mol. The minimum absolute atomic E-state index is 0.0252. The van der Waals surface area contributed by atoms with E-state index in [1.807, 2.05) is 6.92 Å². The molecule has 2 N–H and O–H groups in total. The number of hydrogen-bond acceptors (Lipinski definition) is 4. The van der Waals surface area contributed by atoms with E-state index in [1.54, 1.807) is 0 Å². The van der Waals surface area contributed by atoms with Gasteiger partial charge in [0.25, 0.3) is 0 Å². The van der Waals surface area contributed by atoms with Gasteiger partial charge in [-0.05, 0) is 38.0 Å². The number of methoxy groups -OCH3 is 1. The van der Waals surface area contributed by atoms with Crippen LogP contribution in [0.2, 0.25) is 0 Å². The summed E-state index contributed by atoms with van der Waals surface area (Å²) in [4.78, 5) is 11.8. The third-order valence-electron chi connectivity index (χ3n) is 5.34. The van der Waals surface area contributed by atoms with Crippen LogP contribution in [0.1, 0.15) is 45.4 Å². The molecule has 0 aromatic carbocycles. The molecule has 1 aliphatic carbocycles. The standard InChI is InChI=1S/C14H25NO3/c1-11(15)14(10-12(16)17-2)5-3-4-13(14)6-8-18-9-7-13/h11H,3-10,15H2,1-2H3. The number of hydrogen-bond donors (Lipinski definition) is 1. The number of carbonyl (C=O) groups is 1. The van der Waals surface area contributed by atoms with Crippen molar-refractivity contribution in [3.8, 4) is 0 Å². The van der Waals surface area contributed by atoms with Gasteiger partial charge in [0, 0.05) is 24.7 Å². The first-order valence-electron chi connectivity index (χ1n) is 6.96. The molecule has 1 spiro atoms. The van der Waals surface area contributed by atoms with Gasteiger partial charge >= 0.3 is 5.97 Å². The molecule has 1 heterocycles. The third-order valence-corrected chi connectivity index (χ3v) is 5.34. The molecule has 0 aromatic heterocycles. The Balaban J connectivity index is 2.29. The van der Waals surface area contributed by atoms with Gasteiger partial charge in [0.05, 0.1) is 13.5 Å². The van der Waals surface area contributed by atoms with Crippen molar-refractivity contribution in [1.82, 2.24) is 0 Å². The fourth-order valence-corrected chi connectivity index (χ4v) is 4.24. The molecule has 104 valence electrons. The molecule has 2 aliphatic rings. The molecule has 0 aromatic rings. The highest BCUT2D eigenvalue weighted by molar-refractivity contribution is 5.70. The molecule has 2 unspecified atom stereocenters. The topological polar surface area (TPSA) is 61.5 Å². The predicted molar refractivity (Wildman–Crippen MR) is 69.1 cm³/mol. The van der Waals surface area contributed by atoms with E-state index in [9.17, 15) is 4.79 Å². The highest BCUT2D eigenvalue weighted by atomic mass is 16.5. The van der Waals surface area contributed by atoms with Gasteiger partial charge in [-0.15, -0.1) is 0 Å². The zero-order valence-corrected chi connectivity index (χ0v) is 11.5. The number of nitrogens with two attached hydrogens (primary N) is 1. The van der Waals surface area contributed by atoms with Crippen molar-refractivity contribution >= 4 is 5.97 Å². The van der Waals surface area contributed by atoms with Crippen LogP contribution >= 0.6 is 0 Å². The van der Waals surface area contributed by atoms with Crippen LogP contribution < -0.4 is 5.73 Å². The van der Waals surface area contributed by atoms with Crippen LogP contribution in [-0.2, 0) is 14.3 Å². The van der Waals surface area contributed by atoms with Gasteiger partial charge in [-0.1, -0.05) is 6.42 Å². The summed E-state index contributed by atoms with van der Waals surface area (Å²) in [7, 11) is 1.46. The van der Waals surface area contributed by atoms with E-state index in [0.717, 1.165) is 32.5 Å². The Morgan fingerprint density at radius 3 is 2.56 bits per heavy atom. The van der Waals surface area contributed by atoms with Crippen molar-refractivity contribution in [2.24, 2.45) is 16.6 Å². The Kier molecular flexibility index (Phi) is 3.97. The summed E-state index contributed by atoms with van der Waals surface area (Å²) in [5.41, 5.74) is 6.39. The molecule has 0 radical (unpaired) electrons. The maximum Gasteiger partial charge on any atom is 0.306 e. The molecular formula is C14H25NO3. The Hall–Kier alpha value is -0.610. The average molecular weight is 255 g/mol. The van der Waals surface area contributed by atoms with Crippen molar-refractivity contribution in [1.29, 1.82) is 0 Å². The Bertz CT molecular complexity index is 310. The van der Waals surface area contributed by atoms with Crippen LogP contribution in [0.15, 0.2) is 0 Å². The smallest absolute Gasteiger partial charge is 0.306 e. The van der Waals surface area contributed by atoms with Crippen molar-refractivity contribution in [2.75, 3.05) is 20.3 Å². The maximum atomic E-state index is 11.8. The van der Waals surface area contributed by atoms with Crippen LogP contribution in [0.5, 0.6) is 0 Å². The summed E-state index contributed by atoms with van der Waals surface area (Å²) in [5.74, 6) is -0.125. The van der Waals surface area contributed by atoms with E-state index in [-0.39, 0.29) is 22.8 Å². The number of ether oxygens (including phenoxy) is 2. The van der Waals surface area contributed by atoms with Crippen LogP contribution in [-0.4, -0.2) is 32.3 Å². The van der Waals surface area contributed by atoms with Crippen molar-refractivity contribution in [3.63, 3.8) is 0 Å². The number of rotatable bonds is 3. The monoisotopic (exact) mass is 255 g/mol. The van der Waals surface area contributed by atoms with Crippen molar-refractivity contribution < 1.29 is 14.3 Å². The fraction of sp³-hybridized carbons (Fsp3) is 0.929. The van der Waals surface area contributed by atoms with Crippen molar-refractivity contribution in [2.45, 2.75) is 51.5 Å². The van der Waals surface area contributed by atoms with Crippen LogP contribution in [0, 0.1) is 10.8 Å². The Morgan fingerprint density at radius 1 is 1.33 bits per heavy atom. The maximum absolute atomic E-state index is 11.8. The zero-order chi connectivity index (χ0) is 13.2. The summed E-state index contributed by atoms with van der Waals surface area (Å²) in [5, 5.41) is 0. The molecule has 1 saturated carbocycles. The van der Waals surface area contributed by atoms with Crippen molar-refractivity contribution in [3.05, 3.63) is 0 Å². The van der Waals surface area contributed by atoms with E-state index in [2.05, 4.69) is 0 Å². The molecule has 0 amide bonds. The largest absolute Gasteiger partial charge is 0.469 e. The van der Waals surface area contributed by atoms with E-state index in [4.69, 9.17) is 15.2 Å². The molecule has 1 aliphatic heterocycles. The molecule has 4 heteroatoms. The lowest BCUT2D eigenvalue weighted by Gasteiger charge is -2.50. The molecule has 0 bridgehead atoms. The summed E-state index contributed by atoms with van der Waals surface area (Å²) in [6, 6.07) is 0.0252. The lowest BCUT2D eigenvalue weighted by Crippen LogP contribution is -2.52. The van der Waals surface area contributed by atoms with Crippen LogP contribution in [0.25, 0.3) is 0 Å². The Morgan fingerprint density at radius 2 is 2.00 bits per heavy atom. The van der Waals surface area contributed by atoms with E-state index in [0.29, 0.717) is 6.42 Å². The normalized spacial score (nSPS) is 32.4. The Labute approximate surface area is 109 Å². The van der Waals surface area contributed by atoms with E-state index >= 15 is 0 Å². The second kappa shape index (κ2) is 5.17. The number of carbonyl (C=O) groups excluding carboxylic acids is 1. The summed E-state index contributed by atoms with van der Waals surface area (Å²) < 4.78 is 10.4.